The summed E-state index contributed by atoms with van der Waals surface area (Å²) >= 11 is 1.34. The average molecular weight is 282 g/mol. The molecule has 2 rings (SSSR count). The monoisotopic (exact) mass is 282 g/mol. The van der Waals surface area contributed by atoms with Crippen molar-refractivity contribution in [3.05, 3.63) is 17.0 Å². The highest BCUT2D eigenvalue weighted by atomic mass is 32.1. The quantitative estimate of drug-likeness (QED) is 0.827. The van der Waals surface area contributed by atoms with Crippen LogP contribution < -0.4 is 10.6 Å². The number of rotatable bonds is 4. The largest absolute Gasteiger partial charge is 0.462 e. The number of hydrogen-bond acceptors (Lipinski definition) is 5. The van der Waals surface area contributed by atoms with Crippen molar-refractivity contribution in [1.82, 2.24) is 5.32 Å². The molecule has 1 aromatic heterocycles. The van der Waals surface area contributed by atoms with Gasteiger partial charge in [-0.2, -0.15) is 0 Å². The lowest BCUT2D eigenvalue weighted by Crippen LogP contribution is -2.35. The van der Waals surface area contributed by atoms with Crippen molar-refractivity contribution in [1.29, 1.82) is 0 Å². The molecule has 2 heterocycles. The second-order valence-electron chi connectivity index (χ2n) is 4.83. The van der Waals surface area contributed by atoms with Gasteiger partial charge in [0.2, 0.25) is 5.91 Å². The van der Waals surface area contributed by atoms with E-state index in [1.165, 1.54) is 11.3 Å². The van der Waals surface area contributed by atoms with Gasteiger partial charge < -0.3 is 15.4 Å². The van der Waals surface area contributed by atoms with Crippen LogP contribution >= 0.6 is 11.3 Å². The second-order valence-corrected chi connectivity index (χ2v) is 5.74. The molecular formula is C13H18N2O3S. The van der Waals surface area contributed by atoms with Crippen molar-refractivity contribution in [2.75, 3.05) is 25.0 Å². The molecule has 0 saturated carbocycles. The van der Waals surface area contributed by atoms with E-state index in [0.29, 0.717) is 23.7 Å². The lowest BCUT2D eigenvalue weighted by atomic mass is 9.89. The lowest BCUT2D eigenvalue weighted by molar-refractivity contribution is -0.123. The average Bonchev–Trinajstić information content (AvgIpc) is 2.99. The maximum Gasteiger partial charge on any atom is 0.341 e. The summed E-state index contributed by atoms with van der Waals surface area (Å²) in [7, 11) is 0. The van der Waals surface area contributed by atoms with Crippen LogP contribution in [-0.2, 0) is 9.53 Å². The van der Waals surface area contributed by atoms with E-state index >= 15 is 0 Å². The van der Waals surface area contributed by atoms with Crippen molar-refractivity contribution in [3.63, 3.8) is 0 Å². The molecule has 19 heavy (non-hydrogen) atoms. The minimum atomic E-state index is -0.407. The third-order valence-electron chi connectivity index (χ3n) is 3.30. The number of esters is 1. The van der Waals surface area contributed by atoms with Gasteiger partial charge in [0.25, 0.3) is 0 Å². The van der Waals surface area contributed by atoms with Crippen LogP contribution in [0, 0.1) is 5.41 Å². The highest BCUT2D eigenvalue weighted by Crippen LogP contribution is 2.30. The Labute approximate surface area is 116 Å². The summed E-state index contributed by atoms with van der Waals surface area (Å²) in [6.07, 6.45) is 0.805. The van der Waals surface area contributed by atoms with Gasteiger partial charge in [0, 0.05) is 6.54 Å². The summed E-state index contributed by atoms with van der Waals surface area (Å²) in [5.41, 5.74) is 0.0189. The maximum atomic E-state index is 12.3. The predicted molar refractivity (Wildman–Crippen MR) is 74.5 cm³/mol. The number of nitrogens with one attached hydrogen (secondary N) is 2. The van der Waals surface area contributed by atoms with Crippen molar-refractivity contribution >= 4 is 28.2 Å². The minimum absolute atomic E-state index is 0.0505. The first-order chi connectivity index (χ1) is 9.07. The summed E-state index contributed by atoms with van der Waals surface area (Å²) in [4.78, 5) is 24.0. The highest BCUT2D eigenvalue weighted by molar-refractivity contribution is 7.14. The van der Waals surface area contributed by atoms with E-state index in [1.54, 1.807) is 18.4 Å². The van der Waals surface area contributed by atoms with Crippen LogP contribution in [-0.4, -0.2) is 31.6 Å². The van der Waals surface area contributed by atoms with Crippen LogP contribution in [0.3, 0.4) is 0 Å². The van der Waals surface area contributed by atoms with Gasteiger partial charge in [-0.3, -0.25) is 4.79 Å². The first kappa shape index (κ1) is 14.0. The second kappa shape index (κ2) is 5.71. The van der Waals surface area contributed by atoms with E-state index in [0.717, 1.165) is 13.0 Å². The molecule has 0 aromatic carbocycles. The van der Waals surface area contributed by atoms with Crippen LogP contribution in [0.4, 0.5) is 5.00 Å². The molecule has 104 valence electrons. The van der Waals surface area contributed by atoms with Gasteiger partial charge in [-0.1, -0.05) is 0 Å². The Hall–Kier alpha value is -1.40. The number of carbonyl (C=O) groups excluding carboxylic acids is 2. The first-order valence-corrected chi connectivity index (χ1v) is 7.21. The SMILES string of the molecule is CCOC(=O)c1ccsc1NC(=O)C1(C)CCNC1. The number of thiophene rings is 1. The summed E-state index contributed by atoms with van der Waals surface area (Å²) < 4.78 is 4.96. The van der Waals surface area contributed by atoms with E-state index in [-0.39, 0.29) is 5.91 Å². The molecule has 2 N–H and O–H groups in total. The maximum absolute atomic E-state index is 12.3. The molecule has 0 spiro atoms. The normalized spacial score (nSPS) is 22.2. The standard InChI is InChI=1S/C13H18N2O3S/c1-3-18-11(16)9-4-7-19-10(9)15-12(17)13(2)5-6-14-8-13/h4,7,14H,3,5-6,8H2,1-2H3,(H,15,17). The fourth-order valence-electron chi connectivity index (χ4n) is 2.04. The molecule has 0 aliphatic carbocycles. The molecule has 1 aliphatic rings. The number of amides is 1. The fourth-order valence-corrected chi connectivity index (χ4v) is 2.81. The molecule has 1 amide bonds. The van der Waals surface area contributed by atoms with Crippen molar-refractivity contribution < 1.29 is 14.3 Å². The molecule has 1 atom stereocenters. The molecule has 1 fully saturated rings. The Kier molecular flexibility index (Phi) is 4.21. The number of hydrogen-bond donors (Lipinski definition) is 2. The Bertz CT molecular complexity index is 478. The predicted octanol–water partition coefficient (Wildman–Crippen LogP) is 1.86. The Morgan fingerprint density at radius 2 is 2.37 bits per heavy atom. The molecule has 1 unspecified atom stereocenters. The van der Waals surface area contributed by atoms with Crippen LogP contribution in [0.1, 0.15) is 30.6 Å². The summed E-state index contributed by atoms with van der Waals surface area (Å²) in [6, 6.07) is 1.67. The molecule has 1 aliphatic heterocycles. The molecule has 1 aromatic rings. The van der Waals surface area contributed by atoms with Gasteiger partial charge in [0.1, 0.15) is 5.00 Å². The van der Waals surface area contributed by atoms with Gasteiger partial charge in [0.15, 0.2) is 0 Å². The topological polar surface area (TPSA) is 67.4 Å². The minimum Gasteiger partial charge on any atom is -0.462 e. The Balaban J connectivity index is 2.09. The molecular weight excluding hydrogens is 264 g/mol. The van der Waals surface area contributed by atoms with Gasteiger partial charge >= 0.3 is 5.97 Å². The zero-order chi connectivity index (χ0) is 13.9. The molecule has 1 saturated heterocycles. The van der Waals surface area contributed by atoms with Gasteiger partial charge in [0.05, 0.1) is 17.6 Å². The number of anilines is 1. The Morgan fingerprint density at radius 1 is 1.58 bits per heavy atom. The third kappa shape index (κ3) is 2.96. The Morgan fingerprint density at radius 3 is 3.00 bits per heavy atom. The van der Waals surface area contributed by atoms with E-state index in [1.807, 2.05) is 6.92 Å². The van der Waals surface area contributed by atoms with Crippen LogP contribution in [0.15, 0.2) is 11.4 Å². The zero-order valence-electron chi connectivity index (χ0n) is 11.1. The lowest BCUT2D eigenvalue weighted by Gasteiger charge is -2.21. The fraction of sp³-hybridized carbons (Fsp3) is 0.538. The van der Waals surface area contributed by atoms with E-state index in [2.05, 4.69) is 10.6 Å². The summed E-state index contributed by atoms with van der Waals surface area (Å²) in [6.45, 7) is 5.52. The van der Waals surface area contributed by atoms with Crippen molar-refractivity contribution in [3.8, 4) is 0 Å². The van der Waals surface area contributed by atoms with Crippen molar-refractivity contribution in [2.24, 2.45) is 5.41 Å². The van der Waals surface area contributed by atoms with Crippen LogP contribution in [0.2, 0.25) is 0 Å². The first-order valence-electron chi connectivity index (χ1n) is 6.33. The zero-order valence-corrected chi connectivity index (χ0v) is 11.9. The molecule has 6 heteroatoms. The van der Waals surface area contributed by atoms with Gasteiger partial charge in [-0.15, -0.1) is 11.3 Å². The van der Waals surface area contributed by atoms with Crippen molar-refractivity contribution in [2.45, 2.75) is 20.3 Å². The highest BCUT2D eigenvalue weighted by Gasteiger charge is 2.36. The molecule has 0 radical (unpaired) electrons. The molecule has 5 nitrogen and oxygen atoms in total. The van der Waals surface area contributed by atoms with Gasteiger partial charge in [-0.25, -0.2) is 4.79 Å². The van der Waals surface area contributed by atoms with Gasteiger partial charge in [-0.05, 0) is 38.3 Å². The summed E-state index contributed by atoms with van der Waals surface area (Å²) in [5, 5.41) is 8.37. The van der Waals surface area contributed by atoms with Crippen LogP contribution in [0.25, 0.3) is 0 Å². The molecule has 0 bridgehead atoms. The van der Waals surface area contributed by atoms with E-state index in [9.17, 15) is 9.59 Å². The summed E-state index contributed by atoms with van der Waals surface area (Å²) in [5.74, 6) is -0.445. The van der Waals surface area contributed by atoms with Crippen LogP contribution in [0.5, 0.6) is 0 Å². The number of ether oxygens (including phenoxy) is 1. The van der Waals surface area contributed by atoms with E-state index in [4.69, 9.17) is 4.74 Å². The smallest absolute Gasteiger partial charge is 0.341 e. The number of carbonyl (C=O) groups is 2. The third-order valence-corrected chi connectivity index (χ3v) is 4.13. The van der Waals surface area contributed by atoms with E-state index < -0.39 is 11.4 Å².